The van der Waals surface area contributed by atoms with Gasteiger partial charge in [-0.3, -0.25) is 25.2 Å². The molecular formula is C16H24N4O5S. The van der Waals surface area contributed by atoms with Crippen LogP contribution in [0.15, 0.2) is 29.2 Å². The molecule has 0 aliphatic carbocycles. The number of carbonyl (C=O) groups is 3. The third-order valence-electron chi connectivity index (χ3n) is 3.48. The van der Waals surface area contributed by atoms with Gasteiger partial charge in [0.25, 0.3) is 11.8 Å². The molecule has 1 atom stereocenters. The van der Waals surface area contributed by atoms with Crippen LogP contribution >= 0.6 is 0 Å². The molecule has 3 amide bonds. The summed E-state index contributed by atoms with van der Waals surface area (Å²) in [5.74, 6) is -1.82. The lowest BCUT2D eigenvalue weighted by atomic mass is 10.0. The van der Waals surface area contributed by atoms with Gasteiger partial charge in [0.15, 0.2) is 0 Å². The molecule has 0 saturated heterocycles. The number of hydrazine groups is 1. The first-order chi connectivity index (χ1) is 12.0. The van der Waals surface area contributed by atoms with E-state index in [0.29, 0.717) is 0 Å². The maximum atomic E-state index is 12.2. The largest absolute Gasteiger partial charge is 0.344 e. The Kier molecular flexibility index (Phi) is 7.28. The van der Waals surface area contributed by atoms with Crippen molar-refractivity contribution in [3.63, 3.8) is 0 Å². The minimum Gasteiger partial charge on any atom is -0.344 e. The van der Waals surface area contributed by atoms with E-state index in [1.165, 1.54) is 45.3 Å². The van der Waals surface area contributed by atoms with E-state index in [-0.39, 0.29) is 22.3 Å². The summed E-state index contributed by atoms with van der Waals surface area (Å²) in [6.07, 6.45) is 0. The zero-order valence-electron chi connectivity index (χ0n) is 15.4. The summed E-state index contributed by atoms with van der Waals surface area (Å²) >= 11 is 0. The van der Waals surface area contributed by atoms with Gasteiger partial charge in [0.2, 0.25) is 15.9 Å². The highest BCUT2D eigenvalue weighted by molar-refractivity contribution is 7.89. The standard InChI is InChI=1S/C16H24N4O5S/c1-10(2)14(17-11(3)21)16(23)19-18-15(22)12-7-6-8-13(9-12)26(24,25)20(4)5/h6-10,14H,1-5H3,(H,17,21)(H,18,22)(H,19,23)/t14-/m0/s1. The Hall–Kier alpha value is -2.46. The van der Waals surface area contributed by atoms with E-state index in [9.17, 15) is 22.8 Å². The summed E-state index contributed by atoms with van der Waals surface area (Å²) < 4.78 is 25.3. The second-order valence-corrected chi connectivity index (χ2v) is 8.33. The molecule has 0 aliphatic rings. The predicted molar refractivity (Wildman–Crippen MR) is 95.4 cm³/mol. The van der Waals surface area contributed by atoms with Crippen molar-refractivity contribution in [2.45, 2.75) is 31.7 Å². The summed E-state index contributed by atoms with van der Waals surface area (Å²) in [6, 6.07) is 4.62. The molecule has 0 aromatic heterocycles. The van der Waals surface area contributed by atoms with Crippen molar-refractivity contribution in [3.05, 3.63) is 29.8 Å². The fourth-order valence-corrected chi connectivity index (χ4v) is 2.98. The van der Waals surface area contributed by atoms with Crippen molar-refractivity contribution in [1.82, 2.24) is 20.5 Å². The quantitative estimate of drug-likeness (QED) is 0.589. The number of nitrogens with zero attached hydrogens (tertiary/aromatic N) is 1. The molecule has 10 heteroatoms. The third-order valence-corrected chi connectivity index (χ3v) is 5.29. The monoisotopic (exact) mass is 384 g/mol. The second kappa shape index (κ2) is 8.77. The average molecular weight is 384 g/mol. The van der Waals surface area contributed by atoms with Crippen LogP contribution in [-0.2, 0) is 19.6 Å². The van der Waals surface area contributed by atoms with E-state index in [2.05, 4.69) is 16.2 Å². The van der Waals surface area contributed by atoms with Gasteiger partial charge in [0.05, 0.1) is 4.90 Å². The SMILES string of the molecule is CC(=O)N[C@H](C(=O)NNC(=O)c1cccc(S(=O)(=O)N(C)C)c1)C(C)C. The number of hydrogen-bond acceptors (Lipinski definition) is 5. The Labute approximate surface area is 153 Å². The Bertz CT molecular complexity index is 790. The van der Waals surface area contributed by atoms with Gasteiger partial charge in [0, 0.05) is 26.6 Å². The van der Waals surface area contributed by atoms with Crippen molar-refractivity contribution in [2.75, 3.05) is 14.1 Å². The molecule has 0 spiro atoms. The Morgan fingerprint density at radius 1 is 1.08 bits per heavy atom. The van der Waals surface area contributed by atoms with E-state index in [1.807, 2.05) is 0 Å². The van der Waals surface area contributed by atoms with Crippen LogP contribution in [-0.4, -0.2) is 50.6 Å². The molecule has 1 rings (SSSR count). The van der Waals surface area contributed by atoms with Crippen LogP contribution in [0.5, 0.6) is 0 Å². The molecule has 26 heavy (non-hydrogen) atoms. The van der Waals surface area contributed by atoms with Crippen molar-refractivity contribution >= 4 is 27.7 Å². The number of nitrogens with one attached hydrogen (secondary N) is 3. The van der Waals surface area contributed by atoms with Crippen LogP contribution in [0, 0.1) is 5.92 Å². The third kappa shape index (κ3) is 5.53. The Balaban J connectivity index is 2.86. The zero-order chi connectivity index (χ0) is 20.1. The first-order valence-corrected chi connectivity index (χ1v) is 9.30. The Morgan fingerprint density at radius 3 is 2.19 bits per heavy atom. The Morgan fingerprint density at radius 2 is 1.69 bits per heavy atom. The van der Waals surface area contributed by atoms with Gasteiger partial charge < -0.3 is 5.32 Å². The molecule has 0 unspecified atom stereocenters. The van der Waals surface area contributed by atoms with Gasteiger partial charge >= 0.3 is 0 Å². The van der Waals surface area contributed by atoms with E-state index in [0.717, 1.165) is 4.31 Å². The lowest BCUT2D eigenvalue weighted by molar-refractivity contribution is -0.129. The molecule has 9 nitrogen and oxygen atoms in total. The molecule has 0 heterocycles. The van der Waals surface area contributed by atoms with E-state index >= 15 is 0 Å². The van der Waals surface area contributed by atoms with Crippen LogP contribution in [0.25, 0.3) is 0 Å². The van der Waals surface area contributed by atoms with Crippen molar-refractivity contribution in [3.8, 4) is 0 Å². The van der Waals surface area contributed by atoms with Crippen LogP contribution < -0.4 is 16.2 Å². The average Bonchev–Trinajstić information content (AvgIpc) is 2.56. The van der Waals surface area contributed by atoms with Gasteiger partial charge in [-0.15, -0.1) is 0 Å². The number of benzene rings is 1. The summed E-state index contributed by atoms with van der Waals surface area (Å²) in [4.78, 5) is 35.4. The summed E-state index contributed by atoms with van der Waals surface area (Å²) in [6.45, 7) is 4.78. The molecular weight excluding hydrogens is 360 g/mol. The molecule has 3 N–H and O–H groups in total. The fraction of sp³-hybridized carbons (Fsp3) is 0.438. The van der Waals surface area contributed by atoms with Crippen molar-refractivity contribution in [2.24, 2.45) is 5.92 Å². The van der Waals surface area contributed by atoms with E-state index in [1.54, 1.807) is 13.8 Å². The summed E-state index contributed by atoms with van der Waals surface area (Å²) in [5.41, 5.74) is 4.52. The molecule has 1 aromatic rings. The number of sulfonamides is 1. The lowest BCUT2D eigenvalue weighted by Gasteiger charge is -2.21. The van der Waals surface area contributed by atoms with Gasteiger partial charge in [-0.2, -0.15) is 0 Å². The summed E-state index contributed by atoms with van der Waals surface area (Å²) in [5, 5.41) is 2.50. The van der Waals surface area contributed by atoms with Gasteiger partial charge in [-0.05, 0) is 24.1 Å². The van der Waals surface area contributed by atoms with Crippen molar-refractivity contribution in [1.29, 1.82) is 0 Å². The maximum absolute atomic E-state index is 12.2. The molecule has 0 aliphatic heterocycles. The van der Waals surface area contributed by atoms with Gasteiger partial charge in [-0.1, -0.05) is 19.9 Å². The zero-order valence-corrected chi connectivity index (χ0v) is 16.2. The van der Waals surface area contributed by atoms with Gasteiger partial charge in [-0.25, -0.2) is 12.7 Å². The fourth-order valence-electron chi connectivity index (χ4n) is 2.03. The maximum Gasteiger partial charge on any atom is 0.269 e. The number of amides is 3. The number of hydrogen-bond donors (Lipinski definition) is 3. The highest BCUT2D eigenvalue weighted by atomic mass is 32.2. The van der Waals surface area contributed by atoms with Gasteiger partial charge in [0.1, 0.15) is 6.04 Å². The van der Waals surface area contributed by atoms with E-state index < -0.39 is 27.9 Å². The minimum atomic E-state index is -3.68. The first kappa shape index (κ1) is 21.6. The van der Waals surface area contributed by atoms with E-state index in [4.69, 9.17) is 0 Å². The van der Waals surface area contributed by atoms with Crippen LogP contribution in [0.2, 0.25) is 0 Å². The lowest BCUT2D eigenvalue weighted by Crippen LogP contribution is -2.54. The smallest absolute Gasteiger partial charge is 0.269 e. The highest BCUT2D eigenvalue weighted by Crippen LogP contribution is 2.14. The molecule has 1 aromatic carbocycles. The minimum absolute atomic E-state index is 0.0419. The first-order valence-electron chi connectivity index (χ1n) is 7.86. The van der Waals surface area contributed by atoms with Crippen molar-refractivity contribution < 1.29 is 22.8 Å². The molecule has 0 saturated carbocycles. The summed E-state index contributed by atoms with van der Waals surface area (Å²) in [7, 11) is -0.913. The number of carbonyl (C=O) groups excluding carboxylic acids is 3. The molecule has 0 radical (unpaired) electrons. The molecule has 144 valence electrons. The number of rotatable bonds is 6. The van der Waals surface area contributed by atoms with Crippen LogP contribution in [0.1, 0.15) is 31.1 Å². The topological polar surface area (TPSA) is 125 Å². The normalized spacial score (nSPS) is 12.6. The van der Waals surface area contributed by atoms with Crippen LogP contribution in [0.4, 0.5) is 0 Å². The highest BCUT2D eigenvalue weighted by Gasteiger charge is 2.24. The van der Waals surface area contributed by atoms with Crippen LogP contribution in [0.3, 0.4) is 0 Å². The molecule has 0 bridgehead atoms. The second-order valence-electron chi connectivity index (χ2n) is 6.18. The predicted octanol–water partition coefficient (Wildman–Crippen LogP) is -0.141. The molecule has 0 fully saturated rings.